The van der Waals surface area contributed by atoms with E-state index in [-0.39, 0.29) is 6.54 Å². The molecule has 0 saturated carbocycles. The predicted molar refractivity (Wildman–Crippen MR) is 46.0 cm³/mol. The topological polar surface area (TPSA) is 48.0 Å². The SMILES string of the molecule is O=CCn1cc(-c2ccco2)cn1. The number of rotatable bonds is 3. The van der Waals surface area contributed by atoms with Crippen molar-refractivity contribution in [3.8, 4) is 11.3 Å². The third-order valence-electron chi connectivity index (χ3n) is 1.70. The molecule has 2 heterocycles. The summed E-state index contributed by atoms with van der Waals surface area (Å²) >= 11 is 0. The molecule has 13 heavy (non-hydrogen) atoms. The Balaban J connectivity index is 2.28. The van der Waals surface area contributed by atoms with Gasteiger partial charge in [-0.2, -0.15) is 5.10 Å². The van der Waals surface area contributed by atoms with E-state index in [0.717, 1.165) is 17.6 Å². The van der Waals surface area contributed by atoms with Crippen LogP contribution in [-0.2, 0) is 11.3 Å². The van der Waals surface area contributed by atoms with Gasteiger partial charge in [0.2, 0.25) is 0 Å². The molecule has 0 unspecified atom stereocenters. The minimum absolute atomic E-state index is 0.278. The van der Waals surface area contributed by atoms with Gasteiger partial charge in [-0.1, -0.05) is 0 Å². The lowest BCUT2D eigenvalue weighted by atomic mass is 10.3. The molecule has 0 saturated heterocycles. The number of carbonyl (C=O) groups excluding carboxylic acids is 1. The van der Waals surface area contributed by atoms with Crippen molar-refractivity contribution in [1.82, 2.24) is 9.78 Å². The second-order valence-corrected chi connectivity index (χ2v) is 2.60. The first-order chi connectivity index (χ1) is 6.40. The summed E-state index contributed by atoms with van der Waals surface area (Å²) in [6, 6.07) is 3.66. The molecule has 0 fully saturated rings. The molecule has 0 aliphatic rings. The first-order valence-corrected chi connectivity index (χ1v) is 3.90. The van der Waals surface area contributed by atoms with Crippen LogP contribution in [0.15, 0.2) is 35.2 Å². The van der Waals surface area contributed by atoms with E-state index in [1.54, 1.807) is 23.3 Å². The van der Waals surface area contributed by atoms with E-state index in [1.165, 1.54) is 0 Å². The lowest BCUT2D eigenvalue weighted by Crippen LogP contribution is -1.97. The van der Waals surface area contributed by atoms with Gasteiger partial charge in [-0.3, -0.25) is 4.68 Å². The number of aromatic nitrogens is 2. The molecule has 0 atom stereocenters. The van der Waals surface area contributed by atoms with Crippen LogP contribution in [0.25, 0.3) is 11.3 Å². The highest BCUT2D eigenvalue weighted by atomic mass is 16.3. The maximum atomic E-state index is 10.2. The Morgan fingerprint density at radius 1 is 1.62 bits per heavy atom. The molecule has 0 N–H and O–H groups in total. The van der Waals surface area contributed by atoms with Gasteiger partial charge in [0.1, 0.15) is 12.0 Å². The first-order valence-electron chi connectivity index (χ1n) is 3.90. The summed E-state index contributed by atoms with van der Waals surface area (Å²) in [6.45, 7) is 0.278. The number of aldehydes is 1. The van der Waals surface area contributed by atoms with E-state index in [0.29, 0.717) is 0 Å². The predicted octanol–water partition coefficient (Wildman–Crippen LogP) is 1.34. The largest absolute Gasteiger partial charge is 0.464 e. The summed E-state index contributed by atoms with van der Waals surface area (Å²) < 4.78 is 6.73. The Bertz CT molecular complexity index is 389. The molecule has 0 aliphatic carbocycles. The van der Waals surface area contributed by atoms with Crippen molar-refractivity contribution in [2.75, 3.05) is 0 Å². The number of nitrogens with zero attached hydrogens (tertiary/aromatic N) is 2. The third-order valence-corrected chi connectivity index (χ3v) is 1.70. The molecule has 0 bridgehead atoms. The standard InChI is InChI=1S/C9H8N2O2/c12-4-3-11-7-8(6-10-11)9-2-1-5-13-9/h1-2,4-7H,3H2. The van der Waals surface area contributed by atoms with Crippen LogP contribution in [-0.4, -0.2) is 16.1 Å². The molecule has 66 valence electrons. The van der Waals surface area contributed by atoms with Crippen LogP contribution < -0.4 is 0 Å². The Kier molecular flexibility index (Phi) is 1.96. The summed E-state index contributed by atoms with van der Waals surface area (Å²) in [5, 5.41) is 3.99. The van der Waals surface area contributed by atoms with Crippen molar-refractivity contribution in [3.63, 3.8) is 0 Å². The van der Waals surface area contributed by atoms with Gasteiger partial charge in [-0.25, -0.2) is 0 Å². The normalized spacial score (nSPS) is 10.2. The highest BCUT2D eigenvalue weighted by Gasteiger charge is 2.02. The van der Waals surface area contributed by atoms with Gasteiger partial charge in [0, 0.05) is 6.20 Å². The van der Waals surface area contributed by atoms with Crippen LogP contribution in [0.5, 0.6) is 0 Å². The molecular formula is C9H8N2O2. The highest BCUT2D eigenvalue weighted by molar-refractivity contribution is 5.55. The van der Waals surface area contributed by atoms with Crippen LogP contribution in [0.2, 0.25) is 0 Å². The van der Waals surface area contributed by atoms with Gasteiger partial charge in [-0.15, -0.1) is 0 Å². The monoisotopic (exact) mass is 176 g/mol. The fourth-order valence-corrected chi connectivity index (χ4v) is 1.11. The van der Waals surface area contributed by atoms with Gasteiger partial charge >= 0.3 is 0 Å². The molecule has 0 spiro atoms. The maximum absolute atomic E-state index is 10.2. The van der Waals surface area contributed by atoms with Crippen LogP contribution in [0.4, 0.5) is 0 Å². The lowest BCUT2D eigenvalue weighted by Gasteiger charge is -1.89. The van der Waals surface area contributed by atoms with E-state index in [9.17, 15) is 4.79 Å². The zero-order valence-electron chi connectivity index (χ0n) is 6.88. The second-order valence-electron chi connectivity index (χ2n) is 2.60. The molecule has 2 aromatic heterocycles. The van der Waals surface area contributed by atoms with Crippen molar-refractivity contribution in [2.45, 2.75) is 6.54 Å². The summed E-state index contributed by atoms with van der Waals surface area (Å²) in [7, 11) is 0. The number of carbonyl (C=O) groups is 1. The summed E-state index contributed by atoms with van der Waals surface area (Å²) in [4.78, 5) is 10.2. The lowest BCUT2D eigenvalue weighted by molar-refractivity contribution is -0.108. The molecule has 4 nitrogen and oxygen atoms in total. The zero-order valence-corrected chi connectivity index (χ0v) is 6.88. The number of furan rings is 1. The van der Waals surface area contributed by atoms with Crippen LogP contribution in [0.1, 0.15) is 0 Å². The van der Waals surface area contributed by atoms with Crippen molar-refractivity contribution < 1.29 is 9.21 Å². The molecule has 2 aromatic rings. The van der Waals surface area contributed by atoms with Gasteiger partial charge in [0.25, 0.3) is 0 Å². The van der Waals surface area contributed by atoms with Gasteiger partial charge in [0.05, 0.1) is 24.6 Å². The molecule has 0 amide bonds. The second kappa shape index (κ2) is 3.26. The van der Waals surface area contributed by atoms with Crippen molar-refractivity contribution in [3.05, 3.63) is 30.8 Å². The smallest absolute Gasteiger partial charge is 0.141 e. The average molecular weight is 176 g/mol. The molecule has 2 rings (SSSR count). The molecule has 0 aromatic carbocycles. The fraction of sp³-hybridized carbons (Fsp3) is 0.111. The minimum atomic E-state index is 0.278. The summed E-state index contributed by atoms with van der Waals surface area (Å²) in [5.41, 5.74) is 0.881. The van der Waals surface area contributed by atoms with E-state index in [1.807, 2.05) is 12.1 Å². The Labute approximate surface area is 74.8 Å². The molecule has 4 heteroatoms. The average Bonchev–Trinajstić information content (AvgIpc) is 2.70. The maximum Gasteiger partial charge on any atom is 0.141 e. The van der Waals surface area contributed by atoms with E-state index < -0.39 is 0 Å². The van der Waals surface area contributed by atoms with Gasteiger partial charge in [-0.05, 0) is 12.1 Å². The van der Waals surface area contributed by atoms with Crippen LogP contribution >= 0.6 is 0 Å². The quantitative estimate of drug-likeness (QED) is 0.663. The Hall–Kier alpha value is -1.84. The summed E-state index contributed by atoms with van der Waals surface area (Å²) in [5.74, 6) is 0.761. The van der Waals surface area contributed by atoms with Gasteiger partial charge < -0.3 is 9.21 Å². The summed E-state index contributed by atoms with van der Waals surface area (Å²) in [6.07, 6.45) is 5.85. The molecule has 0 radical (unpaired) electrons. The van der Waals surface area contributed by atoms with Crippen LogP contribution in [0.3, 0.4) is 0 Å². The third kappa shape index (κ3) is 1.51. The Morgan fingerprint density at radius 3 is 3.23 bits per heavy atom. The van der Waals surface area contributed by atoms with Crippen LogP contribution in [0, 0.1) is 0 Å². The van der Waals surface area contributed by atoms with E-state index >= 15 is 0 Å². The zero-order chi connectivity index (χ0) is 9.10. The van der Waals surface area contributed by atoms with Gasteiger partial charge in [0.15, 0.2) is 0 Å². The molecule has 0 aliphatic heterocycles. The van der Waals surface area contributed by atoms with Crippen molar-refractivity contribution in [1.29, 1.82) is 0 Å². The van der Waals surface area contributed by atoms with Crippen molar-refractivity contribution >= 4 is 6.29 Å². The number of hydrogen-bond donors (Lipinski definition) is 0. The Morgan fingerprint density at radius 2 is 2.54 bits per heavy atom. The van der Waals surface area contributed by atoms with Crippen molar-refractivity contribution in [2.24, 2.45) is 0 Å². The fourth-order valence-electron chi connectivity index (χ4n) is 1.11. The van der Waals surface area contributed by atoms with E-state index in [4.69, 9.17) is 4.42 Å². The first kappa shape index (κ1) is 7.79. The van der Waals surface area contributed by atoms with E-state index in [2.05, 4.69) is 5.10 Å². The minimum Gasteiger partial charge on any atom is -0.464 e. The number of hydrogen-bond acceptors (Lipinski definition) is 3. The highest BCUT2D eigenvalue weighted by Crippen LogP contribution is 2.17. The molecular weight excluding hydrogens is 168 g/mol.